The first-order chi connectivity index (χ1) is 12.3. The number of carbonyl (C=O) groups is 2. The zero-order valence-electron chi connectivity index (χ0n) is 15.4. The Kier molecular flexibility index (Phi) is 5.58. The van der Waals surface area contributed by atoms with Crippen LogP contribution < -0.4 is 5.32 Å². The molecule has 3 rings (SSSR count). The lowest BCUT2D eigenvalue weighted by molar-refractivity contribution is -0.140. The van der Waals surface area contributed by atoms with Crippen LogP contribution in [-0.4, -0.2) is 47.1 Å². The standard InChI is InChI=1S/C20H27ClN2O3/c1-20(2,14-5-7-15(21)8-6-14)19(26)22-16-9-17(10-16)23(12-18(24)25)11-13-3-4-13/h5-8,13,16-17H,3-4,9-12H2,1-2H3,(H,22,26)(H,24,25). The van der Waals surface area contributed by atoms with Crippen molar-refractivity contribution >= 4 is 23.5 Å². The van der Waals surface area contributed by atoms with Crippen molar-refractivity contribution in [3.05, 3.63) is 34.9 Å². The summed E-state index contributed by atoms with van der Waals surface area (Å²) in [7, 11) is 0. The maximum Gasteiger partial charge on any atom is 0.317 e. The highest BCUT2D eigenvalue weighted by molar-refractivity contribution is 6.30. The van der Waals surface area contributed by atoms with E-state index in [1.807, 2.05) is 26.0 Å². The lowest BCUT2D eigenvalue weighted by Crippen LogP contribution is -2.57. The van der Waals surface area contributed by atoms with Gasteiger partial charge >= 0.3 is 5.97 Å². The summed E-state index contributed by atoms with van der Waals surface area (Å²) < 4.78 is 0. The van der Waals surface area contributed by atoms with Crippen molar-refractivity contribution in [2.75, 3.05) is 13.1 Å². The molecule has 1 amide bonds. The number of carboxylic acids is 1. The molecule has 0 atom stereocenters. The summed E-state index contributed by atoms with van der Waals surface area (Å²) in [4.78, 5) is 25.9. The lowest BCUT2D eigenvalue weighted by Gasteiger charge is -2.43. The maximum absolute atomic E-state index is 12.7. The van der Waals surface area contributed by atoms with Crippen molar-refractivity contribution in [2.45, 2.75) is 57.0 Å². The van der Waals surface area contributed by atoms with Crippen LogP contribution in [0.5, 0.6) is 0 Å². The number of carbonyl (C=O) groups excluding carboxylic acids is 1. The fraction of sp³-hybridized carbons (Fsp3) is 0.600. The summed E-state index contributed by atoms with van der Waals surface area (Å²) >= 11 is 5.93. The second kappa shape index (κ2) is 7.57. The zero-order chi connectivity index (χ0) is 18.9. The van der Waals surface area contributed by atoms with Gasteiger partial charge in [0.25, 0.3) is 0 Å². The second-order valence-corrected chi connectivity index (χ2v) is 8.63. The molecule has 0 aliphatic heterocycles. The first-order valence-electron chi connectivity index (χ1n) is 9.28. The third-order valence-electron chi connectivity index (χ3n) is 5.63. The molecule has 142 valence electrons. The highest BCUT2D eigenvalue weighted by atomic mass is 35.5. The van der Waals surface area contributed by atoms with Crippen molar-refractivity contribution in [2.24, 2.45) is 5.92 Å². The number of nitrogens with one attached hydrogen (secondary N) is 1. The SMILES string of the molecule is CC(C)(C(=O)NC1CC(N(CC(=O)O)CC2CC2)C1)c1ccc(Cl)cc1. The van der Waals surface area contributed by atoms with Gasteiger partial charge in [-0.3, -0.25) is 14.5 Å². The molecule has 0 spiro atoms. The molecule has 6 heteroatoms. The van der Waals surface area contributed by atoms with E-state index in [2.05, 4.69) is 10.2 Å². The smallest absolute Gasteiger partial charge is 0.317 e. The number of rotatable bonds is 8. The predicted molar refractivity (Wildman–Crippen MR) is 101 cm³/mol. The number of carboxylic acid groups (broad SMARTS) is 1. The van der Waals surface area contributed by atoms with E-state index >= 15 is 0 Å². The molecule has 0 bridgehead atoms. The Hall–Kier alpha value is -1.59. The van der Waals surface area contributed by atoms with Crippen molar-refractivity contribution in [1.29, 1.82) is 0 Å². The van der Waals surface area contributed by atoms with Gasteiger partial charge in [0.1, 0.15) is 0 Å². The molecule has 2 aliphatic carbocycles. The molecule has 0 aromatic heterocycles. The first-order valence-corrected chi connectivity index (χ1v) is 9.66. The molecule has 0 unspecified atom stereocenters. The number of amides is 1. The van der Waals surface area contributed by atoms with E-state index in [1.165, 1.54) is 12.8 Å². The van der Waals surface area contributed by atoms with Gasteiger partial charge in [0.15, 0.2) is 0 Å². The highest BCUT2D eigenvalue weighted by Crippen LogP contribution is 2.34. The van der Waals surface area contributed by atoms with E-state index in [-0.39, 0.29) is 24.5 Å². The van der Waals surface area contributed by atoms with Crippen molar-refractivity contribution in [3.63, 3.8) is 0 Å². The second-order valence-electron chi connectivity index (χ2n) is 8.19. The quantitative estimate of drug-likeness (QED) is 0.729. The normalized spacial score (nSPS) is 22.8. The Morgan fingerprint density at radius 2 is 1.85 bits per heavy atom. The third kappa shape index (κ3) is 4.57. The number of halogens is 1. The van der Waals surface area contributed by atoms with Crippen LogP contribution in [0, 0.1) is 5.92 Å². The van der Waals surface area contributed by atoms with E-state index in [4.69, 9.17) is 16.7 Å². The van der Waals surface area contributed by atoms with Crippen LogP contribution in [0.2, 0.25) is 5.02 Å². The highest BCUT2D eigenvalue weighted by Gasteiger charge is 2.40. The molecule has 2 aliphatic rings. The Bertz CT molecular complexity index is 664. The Morgan fingerprint density at radius 3 is 2.38 bits per heavy atom. The van der Waals surface area contributed by atoms with Gasteiger partial charge in [0, 0.05) is 23.7 Å². The van der Waals surface area contributed by atoms with E-state index in [0.717, 1.165) is 24.9 Å². The summed E-state index contributed by atoms with van der Waals surface area (Å²) in [5, 5.41) is 12.9. The van der Waals surface area contributed by atoms with Gasteiger partial charge in [-0.2, -0.15) is 0 Å². The van der Waals surface area contributed by atoms with Gasteiger partial charge < -0.3 is 10.4 Å². The summed E-state index contributed by atoms with van der Waals surface area (Å²) in [5.74, 6) is -0.121. The van der Waals surface area contributed by atoms with Crippen LogP contribution in [0.1, 0.15) is 45.1 Å². The summed E-state index contributed by atoms with van der Waals surface area (Å²) in [5.41, 5.74) is 0.293. The van der Waals surface area contributed by atoms with Gasteiger partial charge in [-0.25, -0.2) is 0 Å². The van der Waals surface area contributed by atoms with E-state index in [9.17, 15) is 9.59 Å². The summed E-state index contributed by atoms with van der Waals surface area (Å²) in [6.45, 7) is 4.78. The Balaban J connectivity index is 1.52. The number of benzene rings is 1. The van der Waals surface area contributed by atoms with Gasteiger partial charge in [0.2, 0.25) is 5.91 Å². The van der Waals surface area contributed by atoms with Crippen LogP contribution >= 0.6 is 11.6 Å². The van der Waals surface area contributed by atoms with Crippen LogP contribution in [-0.2, 0) is 15.0 Å². The van der Waals surface area contributed by atoms with Crippen LogP contribution in [0.3, 0.4) is 0 Å². The molecule has 1 aromatic rings. The molecule has 2 saturated carbocycles. The molecular formula is C20H27ClN2O3. The minimum Gasteiger partial charge on any atom is -0.480 e. The van der Waals surface area contributed by atoms with Gasteiger partial charge in [-0.05, 0) is 63.1 Å². The molecule has 26 heavy (non-hydrogen) atoms. The van der Waals surface area contributed by atoms with Crippen molar-refractivity contribution in [1.82, 2.24) is 10.2 Å². The van der Waals surface area contributed by atoms with Gasteiger partial charge in [0.05, 0.1) is 12.0 Å². The minimum atomic E-state index is -0.776. The fourth-order valence-electron chi connectivity index (χ4n) is 3.52. The third-order valence-corrected chi connectivity index (χ3v) is 5.88. The van der Waals surface area contributed by atoms with E-state index in [0.29, 0.717) is 10.9 Å². The topological polar surface area (TPSA) is 69.6 Å². The number of nitrogens with zero attached hydrogens (tertiary/aromatic N) is 1. The number of hydrogen-bond acceptors (Lipinski definition) is 3. The van der Waals surface area contributed by atoms with Crippen molar-refractivity contribution in [3.8, 4) is 0 Å². The fourth-order valence-corrected chi connectivity index (χ4v) is 3.64. The predicted octanol–water partition coefficient (Wildman–Crippen LogP) is 3.06. The van der Waals surface area contributed by atoms with Crippen LogP contribution in [0.4, 0.5) is 0 Å². The average Bonchev–Trinajstić information content (AvgIpc) is 3.33. The number of hydrogen-bond donors (Lipinski definition) is 2. The van der Waals surface area contributed by atoms with Gasteiger partial charge in [-0.15, -0.1) is 0 Å². The molecular weight excluding hydrogens is 352 g/mol. The van der Waals surface area contributed by atoms with Crippen LogP contribution in [0.25, 0.3) is 0 Å². The van der Waals surface area contributed by atoms with Gasteiger partial charge in [-0.1, -0.05) is 23.7 Å². The molecule has 2 fully saturated rings. The average molecular weight is 379 g/mol. The Labute approximate surface area is 159 Å². The minimum absolute atomic E-state index is 0.00440. The largest absolute Gasteiger partial charge is 0.480 e. The van der Waals surface area contributed by atoms with Crippen molar-refractivity contribution < 1.29 is 14.7 Å². The Morgan fingerprint density at radius 1 is 1.23 bits per heavy atom. The zero-order valence-corrected chi connectivity index (χ0v) is 16.1. The molecule has 5 nitrogen and oxygen atoms in total. The first kappa shape index (κ1) is 19.2. The maximum atomic E-state index is 12.7. The summed E-state index contributed by atoms with van der Waals surface area (Å²) in [6, 6.07) is 7.75. The molecule has 0 radical (unpaired) electrons. The molecule has 0 saturated heterocycles. The summed E-state index contributed by atoms with van der Waals surface area (Å²) in [6.07, 6.45) is 4.06. The number of aliphatic carboxylic acids is 1. The monoisotopic (exact) mass is 378 g/mol. The lowest BCUT2D eigenvalue weighted by atomic mass is 9.81. The van der Waals surface area contributed by atoms with Crippen LogP contribution in [0.15, 0.2) is 24.3 Å². The van der Waals surface area contributed by atoms with E-state index in [1.54, 1.807) is 12.1 Å². The molecule has 1 aromatic carbocycles. The van der Waals surface area contributed by atoms with E-state index < -0.39 is 11.4 Å². The molecule has 0 heterocycles. The molecule has 2 N–H and O–H groups in total.